The molecule has 2 fully saturated rings. The van der Waals surface area contributed by atoms with Crippen LogP contribution >= 0.6 is 11.3 Å². The molecule has 2 aliphatic carbocycles. The van der Waals surface area contributed by atoms with Gasteiger partial charge in [-0.15, -0.1) is 17.9 Å². The number of carbonyl (C=O) groups is 2. The highest BCUT2D eigenvalue weighted by atomic mass is 32.1. The molecule has 1 saturated carbocycles. The molecule has 1 aliphatic heterocycles. The molecular weight excluding hydrogens is 546 g/mol. The van der Waals surface area contributed by atoms with Crippen LogP contribution < -0.4 is 5.32 Å². The van der Waals surface area contributed by atoms with Gasteiger partial charge in [-0.2, -0.15) is 0 Å². The summed E-state index contributed by atoms with van der Waals surface area (Å²) < 4.78 is 0. The summed E-state index contributed by atoms with van der Waals surface area (Å²) in [6, 6.07) is 7.90. The van der Waals surface area contributed by atoms with E-state index in [0.29, 0.717) is 17.2 Å². The van der Waals surface area contributed by atoms with Crippen LogP contribution in [-0.4, -0.2) is 89.5 Å². The first-order chi connectivity index (χ1) is 20.0. The smallest absolute Gasteiger partial charge is 0.257 e. The fourth-order valence-corrected chi connectivity index (χ4v) is 8.87. The van der Waals surface area contributed by atoms with Gasteiger partial charge in [0.15, 0.2) is 5.13 Å². The number of benzene rings is 1. The number of likely N-dealkylation sites (N-methyl/N-ethyl adjacent to an activating group) is 2. The fourth-order valence-electron chi connectivity index (χ4n) is 7.61. The van der Waals surface area contributed by atoms with E-state index < -0.39 is 6.10 Å². The van der Waals surface area contributed by atoms with Crippen molar-refractivity contribution in [2.75, 3.05) is 52.1 Å². The SMILES string of the molecule is C=CCN(C)C(=O)[C@@H](C)C1CC[C@@]2(C)Cc3sc(NC(=O)c4ccc(CN5CCN(C)CC5)cc4)nc3[C@@H](C)[C@@H]2[C@H]1O. The van der Waals surface area contributed by atoms with E-state index in [9.17, 15) is 14.7 Å². The van der Waals surface area contributed by atoms with E-state index in [4.69, 9.17) is 4.98 Å². The van der Waals surface area contributed by atoms with Gasteiger partial charge in [0.1, 0.15) is 0 Å². The third kappa shape index (κ3) is 6.20. The number of hydrogen-bond donors (Lipinski definition) is 2. The molecule has 228 valence electrons. The molecule has 9 heteroatoms. The Labute approximate surface area is 254 Å². The monoisotopic (exact) mass is 593 g/mol. The molecule has 42 heavy (non-hydrogen) atoms. The number of amides is 2. The van der Waals surface area contributed by atoms with Crippen molar-refractivity contribution in [1.29, 1.82) is 0 Å². The van der Waals surface area contributed by atoms with Gasteiger partial charge in [-0.05, 0) is 61.3 Å². The van der Waals surface area contributed by atoms with Crippen LogP contribution in [0.2, 0.25) is 0 Å². The predicted molar refractivity (Wildman–Crippen MR) is 169 cm³/mol. The van der Waals surface area contributed by atoms with Crippen LogP contribution in [0.1, 0.15) is 66.0 Å². The van der Waals surface area contributed by atoms with E-state index in [1.807, 2.05) is 31.2 Å². The molecule has 5 rings (SSSR count). The van der Waals surface area contributed by atoms with E-state index in [1.54, 1.807) is 29.4 Å². The zero-order chi connectivity index (χ0) is 30.2. The average Bonchev–Trinajstić information content (AvgIpc) is 3.35. The molecule has 1 unspecified atom stereocenters. The quantitative estimate of drug-likeness (QED) is 0.439. The summed E-state index contributed by atoms with van der Waals surface area (Å²) >= 11 is 1.56. The average molecular weight is 594 g/mol. The number of nitrogens with one attached hydrogen (secondary N) is 1. The zero-order valence-electron chi connectivity index (χ0n) is 25.8. The van der Waals surface area contributed by atoms with Crippen LogP contribution in [0, 0.1) is 23.2 Å². The van der Waals surface area contributed by atoms with Crippen molar-refractivity contribution in [1.82, 2.24) is 19.7 Å². The molecule has 1 aromatic heterocycles. The number of hydrogen-bond acceptors (Lipinski definition) is 7. The molecular formula is C33H47N5O3S. The standard InChI is InChI=1S/C33H47N5O3S/c1-7-14-37(6)31(41)21(2)25-12-13-33(4)19-26-28(22(3)27(33)29(25)39)34-32(42-26)35-30(40)24-10-8-23(9-11-24)20-38-17-15-36(5)16-18-38/h7-11,21-22,25,27,29,39H,1,12-20H2,2-6H3,(H,34,35,40)/t21-,22-,25?,27+,29-,33-/m0/s1. The van der Waals surface area contributed by atoms with E-state index in [2.05, 4.69) is 42.6 Å². The largest absolute Gasteiger partial charge is 0.392 e. The minimum Gasteiger partial charge on any atom is -0.392 e. The number of piperazine rings is 1. The van der Waals surface area contributed by atoms with Crippen LogP contribution in [0.3, 0.4) is 0 Å². The molecule has 8 nitrogen and oxygen atoms in total. The maximum absolute atomic E-state index is 13.2. The molecule has 0 spiro atoms. The van der Waals surface area contributed by atoms with Gasteiger partial charge in [-0.25, -0.2) is 4.98 Å². The summed E-state index contributed by atoms with van der Waals surface area (Å²) in [4.78, 5) is 38.8. The van der Waals surface area contributed by atoms with Gasteiger partial charge in [0.05, 0.1) is 11.8 Å². The summed E-state index contributed by atoms with van der Waals surface area (Å²) in [5, 5.41) is 15.4. The zero-order valence-corrected chi connectivity index (χ0v) is 26.6. The van der Waals surface area contributed by atoms with Gasteiger partial charge in [0.25, 0.3) is 5.91 Å². The van der Waals surface area contributed by atoms with Crippen LogP contribution in [0.4, 0.5) is 5.13 Å². The number of fused-ring (bicyclic) bond motifs is 2. The Morgan fingerprint density at radius 2 is 1.95 bits per heavy atom. The second-order valence-electron chi connectivity index (χ2n) is 13.2. The molecule has 2 amide bonds. The Kier molecular flexibility index (Phi) is 9.23. The first-order valence-corrected chi connectivity index (χ1v) is 16.2. The number of anilines is 1. The highest BCUT2D eigenvalue weighted by Gasteiger charge is 2.54. The molecule has 0 radical (unpaired) electrons. The first kappa shape index (κ1) is 30.9. The predicted octanol–water partition coefficient (Wildman–Crippen LogP) is 4.48. The molecule has 2 heterocycles. The van der Waals surface area contributed by atoms with E-state index in [1.165, 1.54) is 10.4 Å². The van der Waals surface area contributed by atoms with Gasteiger partial charge in [0.2, 0.25) is 5.91 Å². The summed E-state index contributed by atoms with van der Waals surface area (Å²) in [6.45, 7) is 15.8. The Bertz CT molecular complexity index is 1290. The lowest BCUT2D eigenvalue weighted by atomic mass is 9.53. The van der Waals surface area contributed by atoms with Crippen LogP contribution in [0.5, 0.6) is 0 Å². The summed E-state index contributed by atoms with van der Waals surface area (Å²) in [5.41, 5.74) is 2.73. The van der Waals surface area contributed by atoms with E-state index in [0.717, 1.165) is 57.7 Å². The van der Waals surface area contributed by atoms with Crippen molar-refractivity contribution in [2.24, 2.45) is 23.2 Å². The molecule has 1 saturated heterocycles. The van der Waals surface area contributed by atoms with Crippen molar-refractivity contribution >= 4 is 28.3 Å². The minimum absolute atomic E-state index is 0.00205. The lowest BCUT2D eigenvalue weighted by molar-refractivity contribution is -0.143. The van der Waals surface area contributed by atoms with Gasteiger partial charge in [-0.3, -0.25) is 19.8 Å². The molecule has 2 N–H and O–H groups in total. The summed E-state index contributed by atoms with van der Waals surface area (Å²) in [7, 11) is 3.95. The van der Waals surface area contributed by atoms with Gasteiger partial charge in [0, 0.05) is 68.6 Å². The molecule has 1 aromatic carbocycles. The number of aliphatic hydroxyl groups is 1. The van der Waals surface area contributed by atoms with Gasteiger partial charge < -0.3 is 14.9 Å². The topological polar surface area (TPSA) is 89.0 Å². The number of thiazole rings is 1. The second-order valence-corrected chi connectivity index (χ2v) is 14.3. The molecule has 3 aliphatic rings. The molecule has 6 atom stereocenters. The highest BCUT2D eigenvalue weighted by Crippen LogP contribution is 2.57. The number of aliphatic hydroxyl groups excluding tert-OH is 1. The van der Waals surface area contributed by atoms with Crippen molar-refractivity contribution in [3.8, 4) is 0 Å². The number of aromatic nitrogens is 1. The third-order valence-electron chi connectivity index (χ3n) is 10.2. The number of nitrogens with zero attached hydrogens (tertiary/aromatic N) is 4. The van der Waals surface area contributed by atoms with Crippen molar-refractivity contribution in [3.05, 3.63) is 58.6 Å². The first-order valence-electron chi connectivity index (χ1n) is 15.4. The Hall–Kier alpha value is -2.59. The Morgan fingerprint density at radius 1 is 1.26 bits per heavy atom. The maximum Gasteiger partial charge on any atom is 0.257 e. The number of rotatable bonds is 8. The van der Waals surface area contributed by atoms with E-state index in [-0.39, 0.29) is 40.9 Å². The van der Waals surface area contributed by atoms with Crippen molar-refractivity contribution in [3.63, 3.8) is 0 Å². The van der Waals surface area contributed by atoms with Crippen LogP contribution in [-0.2, 0) is 17.8 Å². The lowest BCUT2D eigenvalue weighted by Crippen LogP contribution is -2.53. The van der Waals surface area contributed by atoms with Gasteiger partial charge in [-0.1, -0.05) is 39.0 Å². The van der Waals surface area contributed by atoms with Crippen molar-refractivity contribution in [2.45, 2.75) is 58.6 Å². The summed E-state index contributed by atoms with van der Waals surface area (Å²) in [6.07, 6.45) is 3.73. The molecule has 2 aromatic rings. The highest BCUT2D eigenvalue weighted by molar-refractivity contribution is 7.15. The van der Waals surface area contributed by atoms with Gasteiger partial charge >= 0.3 is 0 Å². The van der Waals surface area contributed by atoms with Crippen LogP contribution in [0.15, 0.2) is 36.9 Å². The third-order valence-corrected chi connectivity index (χ3v) is 11.2. The number of carbonyl (C=O) groups excluding carboxylic acids is 2. The summed E-state index contributed by atoms with van der Waals surface area (Å²) in [5.74, 6) is -0.426. The van der Waals surface area contributed by atoms with Crippen molar-refractivity contribution < 1.29 is 14.7 Å². The maximum atomic E-state index is 13.2. The lowest BCUT2D eigenvalue weighted by Gasteiger charge is -2.53. The Morgan fingerprint density at radius 3 is 2.62 bits per heavy atom. The fraction of sp³-hybridized carbons (Fsp3) is 0.606. The van der Waals surface area contributed by atoms with E-state index >= 15 is 0 Å². The normalized spacial score (nSPS) is 28.8. The minimum atomic E-state index is -0.591. The molecule has 0 bridgehead atoms. The van der Waals surface area contributed by atoms with Crippen LogP contribution in [0.25, 0.3) is 0 Å². The Balaban J connectivity index is 1.25. The second kappa shape index (κ2) is 12.6.